The van der Waals surface area contributed by atoms with E-state index in [1.54, 1.807) is 10.9 Å². The fourth-order valence-corrected chi connectivity index (χ4v) is 2.02. The van der Waals surface area contributed by atoms with Crippen LogP contribution >= 0.6 is 15.9 Å². The maximum Gasteiger partial charge on any atom is 0.416 e. The highest BCUT2D eigenvalue weighted by atomic mass is 79.9. The average molecular weight is 334 g/mol. The first kappa shape index (κ1) is 13.9. The Balaban J connectivity index is 2.30. The van der Waals surface area contributed by atoms with Crippen LogP contribution in [0.2, 0.25) is 0 Å². The average Bonchev–Trinajstić information content (AvgIpc) is 2.68. The van der Waals surface area contributed by atoms with E-state index in [1.165, 1.54) is 12.1 Å². The van der Waals surface area contributed by atoms with Crippen LogP contribution < -0.4 is 5.73 Å². The van der Waals surface area contributed by atoms with Crippen LogP contribution in [0.4, 0.5) is 19.0 Å². The Bertz CT molecular complexity index is 575. The zero-order valence-corrected chi connectivity index (χ0v) is 11.5. The standard InChI is InChI=1S/C12H11BrF3N3/c1-7(19-11(17)10(13)6-18-19)8-2-4-9(5-3-8)12(14,15)16/h2-7H,17H2,1H3. The highest BCUT2D eigenvalue weighted by Gasteiger charge is 2.30. The van der Waals surface area contributed by atoms with E-state index in [9.17, 15) is 13.2 Å². The van der Waals surface area contributed by atoms with Crippen LogP contribution in [-0.2, 0) is 6.18 Å². The Kier molecular flexibility index (Phi) is 3.58. The molecule has 0 amide bonds. The normalized spacial score (nSPS) is 13.5. The molecule has 2 aromatic rings. The van der Waals surface area contributed by atoms with Gasteiger partial charge in [0.05, 0.1) is 22.3 Å². The third-order valence-corrected chi connectivity index (χ3v) is 3.49. The molecule has 0 aliphatic carbocycles. The molecule has 7 heteroatoms. The molecule has 0 aliphatic rings. The van der Waals surface area contributed by atoms with Crippen LogP contribution in [0.25, 0.3) is 0 Å². The van der Waals surface area contributed by atoms with Crippen molar-refractivity contribution in [2.45, 2.75) is 19.1 Å². The lowest BCUT2D eigenvalue weighted by Crippen LogP contribution is -2.12. The van der Waals surface area contributed by atoms with E-state index in [2.05, 4.69) is 21.0 Å². The van der Waals surface area contributed by atoms with E-state index >= 15 is 0 Å². The van der Waals surface area contributed by atoms with Gasteiger partial charge in [-0.1, -0.05) is 12.1 Å². The van der Waals surface area contributed by atoms with Gasteiger partial charge in [-0.3, -0.25) is 0 Å². The summed E-state index contributed by atoms with van der Waals surface area (Å²) in [6.07, 6.45) is -2.77. The Labute approximate surface area is 116 Å². The minimum absolute atomic E-state index is 0.242. The molecule has 0 saturated heterocycles. The number of nitrogen functional groups attached to an aromatic ring is 1. The lowest BCUT2D eigenvalue weighted by atomic mass is 10.1. The molecule has 2 rings (SSSR count). The van der Waals surface area contributed by atoms with Crippen LogP contribution in [0.1, 0.15) is 24.1 Å². The molecule has 1 heterocycles. The van der Waals surface area contributed by atoms with Crippen molar-refractivity contribution in [3.05, 3.63) is 46.1 Å². The maximum absolute atomic E-state index is 12.5. The van der Waals surface area contributed by atoms with Crippen molar-refractivity contribution < 1.29 is 13.2 Å². The number of hydrogen-bond acceptors (Lipinski definition) is 2. The van der Waals surface area contributed by atoms with Gasteiger partial charge in [0.1, 0.15) is 5.82 Å². The lowest BCUT2D eigenvalue weighted by Gasteiger charge is -2.15. The third kappa shape index (κ3) is 2.75. The lowest BCUT2D eigenvalue weighted by molar-refractivity contribution is -0.137. The summed E-state index contributed by atoms with van der Waals surface area (Å²) in [5.41, 5.74) is 5.85. The highest BCUT2D eigenvalue weighted by molar-refractivity contribution is 9.10. The topological polar surface area (TPSA) is 43.8 Å². The zero-order chi connectivity index (χ0) is 14.2. The van der Waals surface area contributed by atoms with E-state index < -0.39 is 11.7 Å². The molecule has 0 spiro atoms. The van der Waals surface area contributed by atoms with Crippen molar-refractivity contribution in [3.8, 4) is 0 Å². The maximum atomic E-state index is 12.5. The fourth-order valence-electron chi connectivity index (χ4n) is 1.75. The van der Waals surface area contributed by atoms with Gasteiger partial charge in [0, 0.05) is 0 Å². The molecule has 2 N–H and O–H groups in total. The second-order valence-corrected chi connectivity index (χ2v) is 4.97. The molecular weight excluding hydrogens is 323 g/mol. The van der Waals surface area contributed by atoms with Gasteiger partial charge >= 0.3 is 6.18 Å². The molecule has 0 radical (unpaired) electrons. The van der Waals surface area contributed by atoms with Gasteiger partial charge < -0.3 is 5.73 Å². The first-order valence-corrected chi connectivity index (χ1v) is 6.25. The molecule has 1 atom stereocenters. The highest BCUT2D eigenvalue weighted by Crippen LogP contribution is 2.31. The summed E-state index contributed by atoms with van der Waals surface area (Å²) in [6, 6.07) is 4.74. The van der Waals surface area contributed by atoms with E-state index in [0.29, 0.717) is 15.9 Å². The van der Waals surface area contributed by atoms with Gasteiger partial charge in [0.25, 0.3) is 0 Å². The summed E-state index contributed by atoms with van der Waals surface area (Å²) in [5.74, 6) is 0.437. The monoisotopic (exact) mass is 333 g/mol. The summed E-state index contributed by atoms with van der Waals surface area (Å²) < 4.78 is 39.6. The summed E-state index contributed by atoms with van der Waals surface area (Å²) in [7, 11) is 0. The van der Waals surface area contributed by atoms with Crippen molar-refractivity contribution in [2.75, 3.05) is 5.73 Å². The minimum atomic E-state index is -4.32. The molecule has 3 nitrogen and oxygen atoms in total. The predicted molar refractivity (Wildman–Crippen MR) is 69.6 cm³/mol. The number of anilines is 1. The molecule has 1 unspecified atom stereocenters. The number of rotatable bonds is 2. The van der Waals surface area contributed by atoms with Gasteiger partial charge in [-0.05, 0) is 40.5 Å². The van der Waals surface area contributed by atoms with Crippen LogP contribution in [0.3, 0.4) is 0 Å². The SMILES string of the molecule is CC(c1ccc(C(F)(F)F)cc1)n1ncc(Br)c1N. The summed E-state index contributed by atoms with van der Waals surface area (Å²) >= 11 is 3.24. The number of nitrogens with zero attached hydrogens (tertiary/aromatic N) is 2. The van der Waals surface area contributed by atoms with Crippen molar-refractivity contribution in [1.29, 1.82) is 0 Å². The second kappa shape index (κ2) is 4.88. The van der Waals surface area contributed by atoms with Crippen molar-refractivity contribution >= 4 is 21.7 Å². The second-order valence-electron chi connectivity index (χ2n) is 4.12. The summed E-state index contributed by atoms with van der Waals surface area (Å²) in [4.78, 5) is 0. The molecule has 102 valence electrons. The molecule has 1 aromatic heterocycles. The van der Waals surface area contributed by atoms with Crippen LogP contribution in [-0.4, -0.2) is 9.78 Å². The van der Waals surface area contributed by atoms with E-state index in [1.807, 2.05) is 6.92 Å². The number of aromatic nitrogens is 2. The van der Waals surface area contributed by atoms with Crippen LogP contribution in [0.15, 0.2) is 34.9 Å². The fraction of sp³-hybridized carbons (Fsp3) is 0.250. The van der Waals surface area contributed by atoms with Gasteiger partial charge in [-0.2, -0.15) is 18.3 Å². The van der Waals surface area contributed by atoms with Crippen molar-refractivity contribution in [2.24, 2.45) is 0 Å². The zero-order valence-electron chi connectivity index (χ0n) is 9.95. The first-order valence-electron chi connectivity index (χ1n) is 5.46. The van der Waals surface area contributed by atoms with Gasteiger partial charge in [0.2, 0.25) is 0 Å². The number of nitrogens with two attached hydrogens (primary N) is 1. The first-order chi connectivity index (χ1) is 8.80. The minimum Gasteiger partial charge on any atom is -0.383 e. The van der Waals surface area contributed by atoms with E-state index in [4.69, 9.17) is 5.73 Å². The molecule has 19 heavy (non-hydrogen) atoms. The van der Waals surface area contributed by atoms with Crippen LogP contribution in [0, 0.1) is 0 Å². The summed E-state index contributed by atoms with van der Waals surface area (Å²) in [6.45, 7) is 1.82. The number of hydrogen-bond donors (Lipinski definition) is 1. The van der Waals surface area contributed by atoms with Crippen molar-refractivity contribution in [1.82, 2.24) is 9.78 Å². The third-order valence-electron chi connectivity index (χ3n) is 2.87. The van der Waals surface area contributed by atoms with Crippen LogP contribution in [0.5, 0.6) is 0 Å². The molecule has 0 fully saturated rings. The van der Waals surface area contributed by atoms with Gasteiger partial charge in [-0.15, -0.1) is 0 Å². The number of benzene rings is 1. The molecular formula is C12H11BrF3N3. The summed E-state index contributed by atoms with van der Waals surface area (Å²) in [5, 5.41) is 4.09. The Morgan fingerprint density at radius 3 is 2.26 bits per heavy atom. The number of halogens is 4. The largest absolute Gasteiger partial charge is 0.416 e. The van der Waals surface area contributed by atoms with E-state index in [0.717, 1.165) is 12.1 Å². The van der Waals surface area contributed by atoms with E-state index in [-0.39, 0.29) is 6.04 Å². The Morgan fingerprint density at radius 2 is 1.84 bits per heavy atom. The predicted octanol–water partition coefficient (Wildman–Crippen LogP) is 3.86. The smallest absolute Gasteiger partial charge is 0.383 e. The Hall–Kier alpha value is -1.50. The Morgan fingerprint density at radius 1 is 1.26 bits per heavy atom. The molecule has 0 saturated carbocycles. The molecule has 0 aliphatic heterocycles. The molecule has 0 bridgehead atoms. The van der Waals surface area contributed by atoms with Gasteiger partial charge in [-0.25, -0.2) is 4.68 Å². The quantitative estimate of drug-likeness (QED) is 0.906. The molecule has 1 aromatic carbocycles. The van der Waals surface area contributed by atoms with Crippen molar-refractivity contribution in [3.63, 3.8) is 0 Å². The number of alkyl halides is 3. The van der Waals surface area contributed by atoms with Gasteiger partial charge in [0.15, 0.2) is 0 Å².